The standard InChI is InChI=1S/C19H34O2/c1-3-4-5-6-7-8-9-10-11-12-13-14-15-16-17-18-19(20)21-2/h8-11H,3-7,12-18H2,1-2H3/i10D,11D. The molecule has 0 aromatic heterocycles. The third-order valence-electron chi connectivity index (χ3n) is 3.44. The van der Waals surface area contributed by atoms with Crippen LogP contribution in [0.1, 0.15) is 86.7 Å². The summed E-state index contributed by atoms with van der Waals surface area (Å²) in [6.07, 6.45) is 15.9. The Bertz CT molecular complexity index is 362. The van der Waals surface area contributed by atoms with Gasteiger partial charge in [-0.05, 0) is 32.1 Å². The molecule has 0 heterocycles. The van der Waals surface area contributed by atoms with Crippen molar-refractivity contribution in [3.8, 4) is 0 Å². The number of hydrogen-bond donors (Lipinski definition) is 0. The Morgan fingerprint density at radius 2 is 1.67 bits per heavy atom. The summed E-state index contributed by atoms with van der Waals surface area (Å²) in [5, 5.41) is 0. The van der Waals surface area contributed by atoms with Gasteiger partial charge < -0.3 is 4.74 Å². The van der Waals surface area contributed by atoms with E-state index in [0.717, 1.165) is 38.5 Å². The lowest BCUT2D eigenvalue weighted by Crippen LogP contribution is -1.98. The first-order chi connectivity index (χ1) is 11.1. The fourth-order valence-corrected chi connectivity index (χ4v) is 2.08. The van der Waals surface area contributed by atoms with Gasteiger partial charge in [-0.3, -0.25) is 4.79 Å². The number of carbonyl (C=O) groups is 1. The maximum atomic E-state index is 10.9. The van der Waals surface area contributed by atoms with Gasteiger partial charge in [0.05, 0.1) is 9.85 Å². The highest BCUT2D eigenvalue weighted by Crippen LogP contribution is 2.08. The van der Waals surface area contributed by atoms with Gasteiger partial charge in [0.15, 0.2) is 0 Å². The lowest BCUT2D eigenvalue weighted by Gasteiger charge is -1.99. The van der Waals surface area contributed by atoms with E-state index in [-0.39, 0.29) is 5.97 Å². The van der Waals surface area contributed by atoms with E-state index in [2.05, 4.69) is 11.7 Å². The van der Waals surface area contributed by atoms with Gasteiger partial charge in [-0.1, -0.05) is 69.7 Å². The van der Waals surface area contributed by atoms with E-state index in [1.807, 2.05) is 6.08 Å². The van der Waals surface area contributed by atoms with Crippen LogP contribution in [0.25, 0.3) is 0 Å². The molecule has 0 amide bonds. The van der Waals surface area contributed by atoms with Crippen LogP contribution in [-0.2, 0) is 9.53 Å². The number of allylic oxidation sites excluding steroid dienone is 4. The smallest absolute Gasteiger partial charge is 0.305 e. The summed E-state index contributed by atoms with van der Waals surface area (Å²) in [5.41, 5.74) is 0. The number of carbonyl (C=O) groups excluding carboxylic acids is 1. The first-order valence-electron chi connectivity index (χ1n) is 9.51. The largest absolute Gasteiger partial charge is 0.469 e. The molecule has 0 aromatic rings. The second-order valence-electron chi connectivity index (χ2n) is 5.42. The van der Waals surface area contributed by atoms with Gasteiger partial charge in [0, 0.05) is 6.42 Å². The normalized spacial score (nSPS) is 13.8. The molecule has 21 heavy (non-hydrogen) atoms. The second-order valence-corrected chi connectivity index (χ2v) is 5.42. The first kappa shape index (κ1) is 16.3. The van der Waals surface area contributed by atoms with Gasteiger partial charge in [0.25, 0.3) is 0 Å². The third kappa shape index (κ3) is 16.9. The average molecular weight is 296 g/mol. The Labute approximate surface area is 134 Å². The molecule has 0 aliphatic rings. The molecule has 0 fully saturated rings. The highest BCUT2D eigenvalue weighted by atomic mass is 16.5. The van der Waals surface area contributed by atoms with Crippen LogP contribution >= 0.6 is 0 Å². The number of methoxy groups -OCH3 is 1. The molecule has 0 N–H and O–H groups in total. The van der Waals surface area contributed by atoms with Crippen LogP contribution in [0.15, 0.2) is 24.3 Å². The summed E-state index contributed by atoms with van der Waals surface area (Å²) < 4.78 is 20.4. The van der Waals surface area contributed by atoms with Crippen LogP contribution in [0.4, 0.5) is 0 Å². The van der Waals surface area contributed by atoms with Crippen molar-refractivity contribution in [3.05, 3.63) is 24.3 Å². The molecular weight excluding hydrogens is 260 g/mol. The molecule has 0 aliphatic carbocycles. The molecule has 0 aromatic carbocycles. The minimum atomic E-state index is -0.137. The molecule has 0 spiro atoms. The van der Waals surface area contributed by atoms with Crippen LogP contribution in [0.5, 0.6) is 0 Å². The van der Waals surface area contributed by atoms with Gasteiger partial charge >= 0.3 is 5.97 Å². The number of unbranched alkanes of at least 4 members (excludes halogenated alkanes) is 8. The van der Waals surface area contributed by atoms with Crippen molar-refractivity contribution in [1.29, 1.82) is 0 Å². The molecule has 0 aliphatic heterocycles. The van der Waals surface area contributed by atoms with Gasteiger partial charge in [-0.25, -0.2) is 0 Å². The minimum Gasteiger partial charge on any atom is -0.469 e. The number of esters is 1. The van der Waals surface area contributed by atoms with E-state index in [9.17, 15) is 4.79 Å². The van der Waals surface area contributed by atoms with Gasteiger partial charge in [-0.15, -0.1) is 0 Å². The monoisotopic (exact) mass is 296 g/mol. The first-order valence-corrected chi connectivity index (χ1v) is 8.51. The molecule has 0 radical (unpaired) electrons. The maximum absolute atomic E-state index is 10.9. The maximum Gasteiger partial charge on any atom is 0.305 e. The van der Waals surface area contributed by atoms with Crippen molar-refractivity contribution in [1.82, 2.24) is 0 Å². The summed E-state index contributed by atoms with van der Waals surface area (Å²) in [5.74, 6) is -0.137. The van der Waals surface area contributed by atoms with E-state index in [1.54, 1.807) is 6.08 Å². The zero-order valence-corrected chi connectivity index (χ0v) is 14.0. The molecule has 2 heteroatoms. The molecule has 0 unspecified atom stereocenters. The highest BCUT2D eigenvalue weighted by Gasteiger charge is 1.98. The molecule has 0 saturated heterocycles. The fourth-order valence-electron chi connectivity index (χ4n) is 2.08. The minimum absolute atomic E-state index is 0.137. The third-order valence-corrected chi connectivity index (χ3v) is 3.44. The molecule has 0 saturated carbocycles. The Morgan fingerprint density at radius 1 is 1.00 bits per heavy atom. The van der Waals surface area contributed by atoms with Crippen LogP contribution in [0.2, 0.25) is 0 Å². The quantitative estimate of drug-likeness (QED) is 0.224. The van der Waals surface area contributed by atoms with E-state index >= 15 is 0 Å². The molecular formula is C19H34O2. The van der Waals surface area contributed by atoms with Crippen molar-refractivity contribution in [3.63, 3.8) is 0 Å². The van der Waals surface area contributed by atoms with Crippen LogP contribution in [0, 0.1) is 0 Å². The predicted octanol–water partition coefficient (Wildman–Crippen LogP) is 5.97. The number of hydrogen-bond acceptors (Lipinski definition) is 2. The van der Waals surface area contributed by atoms with E-state index in [0.29, 0.717) is 24.9 Å². The van der Waals surface area contributed by atoms with Gasteiger partial charge in [-0.2, -0.15) is 0 Å². The van der Waals surface area contributed by atoms with Crippen molar-refractivity contribution in [2.24, 2.45) is 0 Å². The fraction of sp³-hybridized carbons (Fsp3) is 0.737. The highest BCUT2D eigenvalue weighted by molar-refractivity contribution is 5.68. The summed E-state index contributed by atoms with van der Waals surface area (Å²) in [6.45, 7) is 2.20. The summed E-state index contributed by atoms with van der Waals surface area (Å²) in [4.78, 5) is 10.9. The Kier molecular flexibility index (Phi) is 13.2. The molecule has 2 nitrogen and oxygen atoms in total. The SMILES string of the molecule is [2H]C(C=CCCCCCC)=C([2H])CCCCCCCC(=O)OC. The second kappa shape index (κ2) is 17.0. The molecule has 0 bridgehead atoms. The Hall–Kier alpha value is -1.05. The molecule has 122 valence electrons. The predicted molar refractivity (Wildman–Crippen MR) is 91.4 cm³/mol. The average Bonchev–Trinajstić information content (AvgIpc) is 2.56. The lowest BCUT2D eigenvalue weighted by molar-refractivity contribution is -0.140. The summed E-state index contributed by atoms with van der Waals surface area (Å²) in [6, 6.07) is 0.788. The lowest BCUT2D eigenvalue weighted by atomic mass is 10.1. The zero-order valence-electron chi connectivity index (χ0n) is 16.0. The van der Waals surface area contributed by atoms with E-state index < -0.39 is 0 Å². The molecule has 0 rings (SSSR count). The van der Waals surface area contributed by atoms with Crippen LogP contribution < -0.4 is 0 Å². The van der Waals surface area contributed by atoms with Crippen molar-refractivity contribution >= 4 is 5.97 Å². The van der Waals surface area contributed by atoms with E-state index in [4.69, 9.17) is 2.74 Å². The zero-order chi connectivity index (χ0) is 17.3. The van der Waals surface area contributed by atoms with E-state index in [1.165, 1.54) is 32.8 Å². The van der Waals surface area contributed by atoms with Gasteiger partial charge in [0.1, 0.15) is 0 Å². The Morgan fingerprint density at radius 3 is 2.43 bits per heavy atom. The summed E-state index contributed by atoms with van der Waals surface area (Å²) in [7, 11) is 1.42. The Balaban J connectivity index is 3.67. The van der Waals surface area contributed by atoms with Crippen molar-refractivity contribution in [2.45, 2.75) is 84.0 Å². The van der Waals surface area contributed by atoms with Crippen molar-refractivity contribution in [2.75, 3.05) is 7.11 Å². The van der Waals surface area contributed by atoms with Gasteiger partial charge in [0.2, 0.25) is 0 Å². The van der Waals surface area contributed by atoms with Crippen molar-refractivity contribution < 1.29 is 12.3 Å². The molecule has 0 atom stereocenters. The number of ether oxygens (including phenoxy) is 1. The topological polar surface area (TPSA) is 26.3 Å². The summed E-state index contributed by atoms with van der Waals surface area (Å²) >= 11 is 0. The van der Waals surface area contributed by atoms with Crippen LogP contribution in [-0.4, -0.2) is 13.1 Å². The van der Waals surface area contributed by atoms with Crippen LogP contribution in [0.3, 0.4) is 0 Å². The number of rotatable bonds is 14.